The molecular weight excluding hydrogens is 488 g/mol. The van der Waals surface area contributed by atoms with Crippen LogP contribution in [0.3, 0.4) is 0 Å². The summed E-state index contributed by atoms with van der Waals surface area (Å²) in [5.74, 6) is -0.0690. The van der Waals surface area contributed by atoms with Crippen molar-refractivity contribution in [2.45, 2.75) is 63.2 Å². The number of amides is 1. The van der Waals surface area contributed by atoms with Crippen molar-refractivity contribution in [2.75, 3.05) is 33.4 Å². The van der Waals surface area contributed by atoms with E-state index in [9.17, 15) is 22.4 Å². The van der Waals surface area contributed by atoms with Crippen molar-refractivity contribution in [2.24, 2.45) is 5.41 Å². The summed E-state index contributed by atoms with van der Waals surface area (Å²) in [6.45, 7) is 2.20. The number of rotatable bonds is 5. The number of carbonyl (C=O) groups is 1. The number of fused-ring (bicyclic) bond motifs is 1. The van der Waals surface area contributed by atoms with Gasteiger partial charge in [0.05, 0.1) is 23.8 Å². The fourth-order valence-electron chi connectivity index (χ4n) is 6.30. The van der Waals surface area contributed by atoms with Crippen LogP contribution in [-0.2, 0) is 28.7 Å². The smallest absolute Gasteiger partial charge is 0.384 e. The molecule has 6 nitrogen and oxygen atoms in total. The number of ether oxygens (including phenoxy) is 1. The molecule has 3 aliphatic rings. The maximum absolute atomic E-state index is 13.8. The predicted octanol–water partition coefficient (Wildman–Crippen LogP) is 4.58. The molecule has 0 N–H and O–H groups in total. The fourth-order valence-corrected chi connectivity index (χ4v) is 6.30. The maximum atomic E-state index is 13.8. The van der Waals surface area contributed by atoms with Crippen LogP contribution in [0.2, 0.25) is 0 Å². The molecule has 0 aromatic carbocycles. The molecule has 1 unspecified atom stereocenters. The average Bonchev–Trinajstić information content (AvgIpc) is 3.33. The molecule has 1 amide bonds. The number of pyridine rings is 2. The highest BCUT2D eigenvalue weighted by molar-refractivity contribution is 5.84. The first kappa shape index (κ1) is 26.0. The number of aromatic nitrogens is 2. The molecule has 5 rings (SSSR count). The number of carbonyl (C=O) groups excluding carboxylic acids is 1. The lowest BCUT2D eigenvalue weighted by Gasteiger charge is -2.38. The Balaban J connectivity index is 1.25. The van der Waals surface area contributed by atoms with Crippen LogP contribution in [0.4, 0.5) is 17.6 Å². The van der Waals surface area contributed by atoms with E-state index in [2.05, 4.69) is 14.9 Å². The lowest BCUT2D eigenvalue weighted by molar-refractivity contribution is -0.145. The van der Waals surface area contributed by atoms with Gasteiger partial charge < -0.3 is 9.64 Å². The summed E-state index contributed by atoms with van der Waals surface area (Å²) in [5.41, 5.74) is 0.517. The third kappa shape index (κ3) is 5.36. The van der Waals surface area contributed by atoms with Crippen LogP contribution in [0.5, 0.6) is 0 Å². The van der Waals surface area contributed by atoms with Crippen LogP contribution in [0, 0.1) is 11.2 Å². The zero-order valence-corrected chi connectivity index (χ0v) is 20.9. The predicted molar refractivity (Wildman–Crippen MR) is 128 cm³/mol. The molecule has 2 aromatic heterocycles. The molecule has 37 heavy (non-hydrogen) atoms. The molecule has 1 aliphatic carbocycles. The summed E-state index contributed by atoms with van der Waals surface area (Å²) in [5, 5.41) is 0. The van der Waals surface area contributed by atoms with E-state index in [1.54, 1.807) is 18.1 Å². The summed E-state index contributed by atoms with van der Waals surface area (Å²) >= 11 is 0. The SMILES string of the molecule is COCC1(C(=O)N2CCc3ncc(C(F)(F)F)cc3C2)CCN(C2CCC(c3ccc(F)cn3)CC2)C1. The van der Waals surface area contributed by atoms with Gasteiger partial charge in [-0.05, 0) is 62.4 Å². The third-order valence-electron chi connectivity index (χ3n) is 8.29. The third-order valence-corrected chi connectivity index (χ3v) is 8.29. The Bertz CT molecular complexity index is 1120. The number of alkyl halides is 3. The molecule has 10 heteroatoms. The molecule has 2 aliphatic heterocycles. The Kier molecular flexibility index (Phi) is 7.24. The van der Waals surface area contributed by atoms with Crippen molar-refractivity contribution in [1.29, 1.82) is 0 Å². The quantitative estimate of drug-likeness (QED) is 0.540. The average molecular weight is 521 g/mol. The highest BCUT2D eigenvalue weighted by Crippen LogP contribution is 2.40. The van der Waals surface area contributed by atoms with Crippen LogP contribution in [-0.4, -0.2) is 65.1 Å². The van der Waals surface area contributed by atoms with Gasteiger partial charge >= 0.3 is 6.18 Å². The van der Waals surface area contributed by atoms with Gasteiger partial charge in [-0.1, -0.05) is 0 Å². The molecule has 0 spiro atoms. The minimum Gasteiger partial charge on any atom is -0.384 e. The number of halogens is 4. The Hall–Kier alpha value is -2.59. The Morgan fingerprint density at radius 1 is 1.14 bits per heavy atom. The van der Waals surface area contributed by atoms with Crippen molar-refractivity contribution in [3.05, 3.63) is 58.9 Å². The number of likely N-dealkylation sites (tertiary alicyclic amines) is 1. The van der Waals surface area contributed by atoms with E-state index in [0.717, 1.165) is 50.2 Å². The van der Waals surface area contributed by atoms with Gasteiger partial charge in [-0.25, -0.2) is 4.39 Å². The van der Waals surface area contributed by atoms with Crippen LogP contribution in [0.1, 0.15) is 60.5 Å². The van der Waals surface area contributed by atoms with Gasteiger partial charge in [-0.3, -0.25) is 19.7 Å². The number of hydrogen-bond acceptors (Lipinski definition) is 5. The second kappa shape index (κ2) is 10.3. The first-order chi connectivity index (χ1) is 17.7. The van der Waals surface area contributed by atoms with Crippen LogP contribution >= 0.6 is 0 Å². The Morgan fingerprint density at radius 3 is 2.59 bits per heavy atom. The van der Waals surface area contributed by atoms with Gasteiger partial charge in [0.1, 0.15) is 5.82 Å². The fraction of sp³-hybridized carbons (Fsp3) is 0.593. The number of nitrogens with zero attached hydrogens (tertiary/aromatic N) is 4. The highest BCUT2D eigenvalue weighted by Gasteiger charge is 2.49. The van der Waals surface area contributed by atoms with Gasteiger partial charge in [-0.2, -0.15) is 13.2 Å². The van der Waals surface area contributed by atoms with Crippen molar-refractivity contribution < 1.29 is 27.1 Å². The monoisotopic (exact) mass is 520 g/mol. The van der Waals surface area contributed by atoms with Crippen LogP contribution in [0.15, 0.2) is 30.6 Å². The summed E-state index contributed by atoms with van der Waals surface area (Å²) in [6.07, 6.45) is 2.64. The normalized spacial score (nSPS) is 26.8. The molecule has 2 fully saturated rings. The second-order valence-electron chi connectivity index (χ2n) is 10.6. The molecule has 1 atom stereocenters. The molecule has 4 heterocycles. The van der Waals surface area contributed by atoms with Gasteiger partial charge in [0.25, 0.3) is 0 Å². The number of methoxy groups -OCH3 is 1. The van der Waals surface area contributed by atoms with Crippen LogP contribution < -0.4 is 0 Å². The molecule has 2 aromatic rings. The molecule has 1 saturated carbocycles. The largest absolute Gasteiger partial charge is 0.417 e. The Morgan fingerprint density at radius 2 is 1.92 bits per heavy atom. The molecule has 0 bridgehead atoms. The summed E-state index contributed by atoms with van der Waals surface area (Å²) in [4.78, 5) is 26.2. The minimum atomic E-state index is -4.47. The highest BCUT2D eigenvalue weighted by atomic mass is 19.4. The van der Waals surface area contributed by atoms with E-state index >= 15 is 0 Å². The molecule has 1 saturated heterocycles. The summed E-state index contributed by atoms with van der Waals surface area (Å²) in [6, 6.07) is 4.70. The lowest BCUT2D eigenvalue weighted by atomic mass is 9.82. The first-order valence-corrected chi connectivity index (χ1v) is 12.9. The van der Waals surface area contributed by atoms with E-state index in [1.807, 2.05) is 0 Å². The van der Waals surface area contributed by atoms with Crippen LogP contribution in [0.25, 0.3) is 0 Å². The molecule has 200 valence electrons. The van der Waals surface area contributed by atoms with Crippen molar-refractivity contribution in [1.82, 2.24) is 19.8 Å². The zero-order valence-electron chi connectivity index (χ0n) is 20.9. The standard InChI is InChI=1S/C27H32F4N4O2/c1-37-17-26(25(36)34-10-8-24-19(15-34)12-20(13-32-24)27(29,30)31)9-11-35(16-26)22-5-2-18(3-6-22)23-7-4-21(28)14-33-23/h4,7,12-14,18,22H,2-3,5-6,8-11,15-17H2,1H3. The zero-order chi connectivity index (χ0) is 26.2. The van der Waals surface area contributed by atoms with Crippen molar-refractivity contribution >= 4 is 5.91 Å². The van der Waals surface area contributed by atoms with Gasteiger partial charge in [0.2, 0.25) is 5.91 Å². The summed E-state index contributed by atoms with van der Waals surface area (Å²) < 4.78 is 58.4. The van der Waals surface area contributed by atoms with E-state index in [4.69, 9.17) is 4.74 Å². The van der Waals surface area contributed by atoms with E-state index in [-0.39, 0.29) is 24.9 Å². The Labute approximate surface area is 214 Å². The molecule has 0 radical (unpaired) electrons. The van der Waals surface area contributed by atoms with Gasteiger partial charge in [-0.15, -0.1) is 0 Å². The first-order valence-electron chi connectivity index (χ1n) is 12.9. The van der Waals surface area contributed by atoms with Gasteiger partial charge in [0.15, 0.2) is 0 Å². The topological polar surface area (TPSA) is 58.6 Å². The van der Waals surface area contributed by atoms with Crippen molar-refractivity contribution in [3.63, 3.8) is 0 Å². The maximum Gasteiger partial charge on any atom is 0.417 e. The van der Waals surface area contributed by atoms with E-state index < -0.39 is 17.2 Å². The van der Waals surface area contributed by atoms with E-state index in [1.165, 1.54) is 12.3 Å². The number of hydrogen-bond donors (Lipinski definition) is 0. The lowest BCUT2D eigenvalue weighted by Crippen LogP contribution is -2.50. The minimum absolute atomic E-state index is 0.0518. The van der Waals surface area contributed by atoms with Crippen molar-refractivity contribution in [3.8, 4) is 0 Å². The summed E-state index contributed by atoms with van der Waals surface area (Å²) in [7, 11) is 1.59. The van der Waals surface area contributed by atoms with Gasteiger partial charge in [0, 0.05) is 62.7 Å². The van der Waals surface area contributed by atoms with E-state index in [0.29, 0.717) is 49.1 Å². The second-order valence-corrected chi connectivity index (χ2v) is 10.6. The molecular formula is C27H32F4N4O2.